The molecule has 3 aromatic rings. The molecule has 10 nitrogen and oxygen atoms in total. The van der Waals surface area contributed by atoms with Crippen LogP contribution in [-0.2, 0) is 9.59 Å². The van der Waals surface area contributed by atoms with Crippen molar-refractivity contribution in [2.45, 2.75) is 13.3 Å². The Labute approximate surface area is 197 Å². The van der Waals surface area contributed by atoms with E-state index in [1.807, 2.05) is 54.4 Å². The van der Waals surface area contributed by atoms with Gasteiger partial charge in [0.2, 0.25) is 11.8 Å². The summed E-state index contributed by atoms with van der Waals surface area (Å²) in [6.07, 6.45) is 3.79. The van der Waals surface area contributed by atoms with E-state index in [2.05, 4.69) is 20.0 Å². The van der Waals surface area contributed by atoms with E-state index in [0.717, 1.165) is 11.5 Å². The number of carbonyl (C=O) groups excluding carboxylic acids is 2. The predicted octanol–water partition coefficient (Wildman–Crippen LogP) is 1.68. The summed E-state index contributed by atoms with van der Waals surface area (Å²) in [6, 6.07) is 11.1. The number of rotatable bonds is 5. The molecule has 1 atom stereocenters. The maximum absolute atomic E-state index is 13.2. The molecule has 0 spiro atoms. The van der Waals surface area contributed by atoms with Gasteiger partial charge in [-0.2, -0.15) is 5.10 Å². The first-order chi connectivity index (χ1) is 16.5. The summed E-state index contributed by atoms with van der Waals surface area (Å²) in [5.41, 5.74) is 0.761. The average Bonchev–Trinajstić information content (AvgIpc) is 3.54. The Morgan fingerprint density at radius 3 is 2.59 bits per heavy atom. The molecule has 0 N–H and O–H groups in total. The number of aromatic nitrogens is 4. The molecule has 2 aliphatic heterocycles. The molecule has 0 bridgehead atoms. The van der Waals surface area contributed by atoms with Gasteiger partial charge in [-0.05, 0) is 25.1 Å². The van der Waals surface area contributed by atoms with Gasteiger partial charge in [0.25, 0.3) is 0 Å². The molecule has 10 heteroatoms. The van der Waals surface area contributed by atoms with Crippen LogP contribution in [0.3, 0.4) is 0 Å². The topological polar surface area (TPSA) is 96.7 Å². The van der Waals surface area contributed by atoms with Crippen molar-refractivity contribution in [3.8, 4) is 11.6 Å². The highest BCUT2D eigenvalue weighted by atomic mass is 16.5. The van der Waals surface area contributed by atoms with E-state index in [4.69, 9.17) is 4.74 Å². The second kappa shape index (κ2) is 9.12. The van der Waals surface area contributed by atoms with E-state index in [9.17, 15) is 9.59 Å². The molecular formula is C24H27N7O3. The highest BCUT2D eigenvalue weighted by Crippen LogP contribution is 2.29. The number of aryl methyl sites for hydroxylation is 1. The van der Waals surface area contributed by atoms with Gasteiger partial charge in [-0.1, -0.05) is 6.07 Å². The quantitative estimate of drug-likeness (QED) is 0.570. The molecule has 2 fully saturated rings. The van der Waals surface area contributed by atoms with Crippen LogP contribution in [-0.4, -0.2) is 76.3 Å². The third-order valence-corrected chi connectivity index (χ3v) is 6.30. The number of carbonyl (C=O) groups is 2. The maximum Gasteiger partial charge on any atom is 0.228 e. The monoisotopic (exact) mass is 461 g/mol. The molecule has 2 amide bonds. The summed E-state index contributed by atoms with van der Waals surface area (Å²) < 4.78 is 6.98. The SMILES string of the molecule is COc1cccc(N2CC(C(=O)N3CCN(c4cc(-n5cccn5)nc(C)n4)CC3)CC2=O)c1. The van der Waals surface area contributed by atoms with Gasteiger partial charge in [0.05, 0.1) is 13.0 Å². The molecule has 1 unspecified atom stereocenters. The fraction of sp³-hybridized carbons (Fsp3) is 0.375. The van der Waals surface area contributed by atoms with Gasteiger partial charge in [0, 0.05) is 69.4 Å². The number of nitrogens with zero attached hydrogens (tertiary/aromatic N) is 7. The largest absolute Gasteiger partial charge is 0.497 e. The minimum Gasteiger partial charge on any atom is -0.497 e. The Morgan fingerprint density at radius 1 is 1.06 bits per heavy atom. The molecule has 2 saturated heterocycles. The summed E-state index contributed by atoms with van der Waals surface area (Å²) in [7, 11) is 1.60. The highest BCUT2D eigenvalue weighted by Gasteiger charge is 2.38. The second-order valence-electron chi connectivity index (χ2n) is 8.50. The first-order valence-corrected chi connectivity index (χ1v) is 11.4. The van der Waals surface area contributed by atoms with Crippen LogP contribution in [0.1, 0.15) is 12.2 Å². The highest BCUT2D eigenvalue weighted by molar-refractivity contribution is 6.00. The third-order valence-electron chi connectivity index (χ3n) is 6.30. The van der Waals surface area contributed by atoms with Gasteiger partial charge in [-0.3, -0.25) is 9.59 Å². The number of hydrogen-bond donors (Lipinski definition) is 0. The van der Waals surface area contributed by atoms with Crippen LogP contribution in [0.2, 0.25) is 0 Å². The number of ether oxygens (including phenoxy) is 1. The van der Waals surface area contributed by atoms with Gasteiger partial charge in [0.1, 0.15) is 17.4 Å². The molecule has 1 aromatic carbocycles. The van der Waals surface area contributed by atoms with Crippen LogP contribution >= 0.6 is 0 Å². The lowest BCUT2D eigenvalue weighted by Crippen LogP contribution is -2.51. The zero-order valence-electron chi connectivity index (χ0n) is 19.3. The summed E-state index contributed by atoms with van der Waals surface area (Å²) >= 11 is 0. The number of anilines is 2. The minimum absolute atomic E-state index is 0.0344. The fourth-order valence-electron chi connectivity index (χ4n) is 4.54. The van der Waals surface area contributed by atoms with Crippen molar-refractivity contribution in [1.82, 2.24) is 24.6 Å². The standard InChI is InChI=1S/C24H27N7O3/c1-17-26-21(15-22(27-17)31-8-4-7-25-31)28-9-11-29(12-10-28)24(33)18-13-23(32)30(16-18)19-5-3-6-20(14-19)34-2/h3-8,14-15,18H,9-13,16H2,1-2H3. The Balaban J connectivity index is 1.22. The first-order valence-electron chi connectivity index (χ1n) is 11.4. The van der Waals surface area contributed by atoms with Crippen LogP contribution in [0, 0.1) is 12.8 Å². The number of piperazine rings is 1. The lowest BCUT2D eigenvalue weighted by Gasteiger charge is -2.36. The summed E-state index contributed by atoms with van der Waals surface area (Å²) in [6.45, 7) is 4.76. The van der Waals surface area contributed by atoms with E-state index in [-0.39, 0.29) is 24.2 Å². The molecule has 2 aliphatic rings. The molecule has 0 saturated carbocycles. The van der Waals surface area contributed by atoms with E-state index in [1.54, 1.807) is 22.9 Å². The van der Waals surface area contributed by atoms with E-state index in [1.165, 1.54) is 0 Å². The van der Waals surface area contributed by atoms with Crippen molar-refractivity contribution >= 4 is 23.3 Å². The maximum atomic E-state index is 13.2. The van der Waals surface area contributed by atoms with Crippen LogP contribution in [0.5, 0.6) is 5.75 Å². The zero-order chi connectivity index (χ0) is 23.7. The number of benzene rings is 1. The molecule has 0 aliphatic carbocycles. The normalized spacial score (nSPS) is 18.5. The van der Waals surface area contributed by atoms with Crippen LogP contribution in [0.25, 0.3) is 5.82 Å². The van der Waals surface area contributed by atoms with Gasteiger partial charge in [-0.25, -0.2) is 14.6 Å². The molecule has 2 aromatic heterocycles. The Kier molecular flexibility index (Phi) is 5.87. The van der Waals surface area contributed by atoms with Gasteiger partial charge >= 0.3 is 0 Å². The van der Waals surface area contributed by atoms with E-state index >= 15 is 0 Å². The van der Waals surface area contributed by atoms with Crippen molar-refractivity contribution in [1.29, 1.82) is 0 Å². The second-order valence-corrected chi connectivity index (χ2v) is 8.50. The first kappa shape index (κ1) is 21.9. The van der Waals surface area contributed by atoms with Gasteiger partial charge in [-0.15, -0.1) is 0 Å². The van der Waals surface area contributed by atoms with Crippen molar-refractivity contribution in [3.63, 3.8) is 0 Å². The molecule has 0 radical (unpaired) electrons. The van der Waals surface area contributed by atoms with Crippen molar-refractivity contribution in [3.05, 3.63) is 54.6 Å². The van der Waals surface area contributed by atoms with Crippen LogP contribution in [0.4, 0.5) is 11.5 Å². The lowest BCUT2D eigenvalue weighted by atomic mass is 10.1. The van der Waals surface area contributed by atoms with Crippen molar-refractivity contribution in [2.75, 3.05) is 49.6 Å². The molecule has 34 heavy (non-hydrogen) atoms. The Bertz CT molecular complexity index is 1190. The van der Waals surface area contributed by atoms with Crippen LogP contribution < -0.4 is 14.5 Å². The average molecular weight is 462 g/mol. The van der Waals surface area contributed by atoms with Gasteiger partial charge in [0.15, 0.2) is 5.82 Å². The predicted molar refractivity (Wildman–Crippen MR) is 126 cm³/mol. The molecule has 4 heterocycles. The summed E-state index contributed by atoms with van der Waals surface area (Å²) in [5.74, 6) is 2.56. The summed E-state index contributed by atoms with van der Waals surface area (Å²) in [4.78, 5) is 40.6. The molecular weight excluding hydrogens is 434 g/mol. The third kappa shape index (κ3) is 4.30. The minimum atomic E-state index is -0.335. The van der Waals surface area contributed by atoms with Crippen molar-refractivity contribution in [2.24, 2.45) is 5.92 Å². The van der Waals surface area contributed by atoms with Crippen LogP contribution in [0.15, 0.2) is 48.8 Å². The fourth-order valence-corrected chi connectivity index (χ4v) is 4.54. The summed E-state index contributed by atoms with van der Waals surface area (Å²) in [5, 5.41) is 4.25. The lowest BCUT2D eigenvalue weighted by molar-refractivity contribution is -0.136. The van der Waals surface area contributed by atoms with E-state index < -0.39 is 0 Å². The van der Waals surface area contributed by atoms with Crippen molar-refractivity contribution < 1.29 is 14.3 Å². The number of amides is 2. The zero-order valence-corrected chi connectivity index (χ0v) is 19.3. The number of hydrogen-bond acceptors (Lipinski definition) is 7. The number of methoxy groups -OCH3 is 1. The van der Waals surface area contributed by atoms with Gasteiger partial charge < -0.3 is 19.4 Å². The van der Waals surface area contributed by atoms with E-state index in [0.29, 0.717) is 50.1 Å². The Morgan fingerprint density at radius 2 is 1.85 bits per heavy atom. The Hall–Kier alpha value is -3.95. The molecule has 5 rings (SSSR count). The molecule has 176 valence electrons. The smallest absolute Gasteiger partial charge is 0.228 e.